The number of aromatic nitrogens is 1. The molecule has 3 rings (SSSR count). The summed E-state index contributed by atoms with van der Waals surface area (Å²) < 4.78 is 0. The highest BCUT2D eigenvalue weighted by molar-refractivity contribution is 5.95. The van der Waals surface area contributed by atoms with Crippen LogP contribution in [0.4, 0.5) is 0 Å². The summed E-state index contributed by atoms with van der Waals surface area (Å²) in [4.78, 5) is 77.9. The molecule has 0 aliphatic carbocycles. The lowest BCUT2D eigenvalue weighted by atomic mass is 10.0. The average molecular weight is 559 g/mol. The van der Waals surface area contributed by atoms with Gasteiger partial charge in [-0.2, -0.15) is 0 Å². The number of aliphatic carboxylic acids is 2. The fraction of sp³-hybridized carbons (Fsp3) is 0.462. The van der Waals surface area contributed by atoms with Gasteiger partial charge in [-0.05, 0) is 37.3 Å². The van der Waals surface area contributed by atoms with E-state index in [-0.39, 0.29) is 38.6 Å². The predicted octanol–water partition coefficient (Wildman–Crippen LogP) is -0.787. The number of nitrogens with zero attached hydrogens (tertiary/aromatic N) is 1. The van der Waals surface area contributed by atoms with E-state index in [0.717, 1.165) is 10.9 Å². The third kappa shape index (κ3) is 7.79. The monoisotopic (exact) mass is 558 g/mol. The van der Waals surface area contributed by atoms with Gasteiger partial charge in [-0.25, -0.2) is 4.79 Å². The van der Waals surface area contributed by atoms with Crippen molar-refractivity contribution >= 4 is 46.5 Å². The number of para-hydroxylation sites is 1. The second-order valence-corrected chi connectivity index (χ2v) is 9.76. The minimum absolute atomic E-state index is 0.00908. The van der Waals surface area contributed by atoms with E-state index < -0.39 is 66.2 Å². The number of hydrogen-bond acceptors (Lipinski definition) is 7. The maximum absolute atomic E-state index is 13.6. The van der Waals surface area contributed by atoms with Crippen molar-refractivity contribution in [2.24, 2.45) is 11.5 Å². The number of benzene rings is 1. The summed E-state index contributed by atoms with van der Waals surface area (Å²) in [6.45, 7) is 0.198. The second-order valence-electron chi connectivity index (χ2n) is 9.76. The highest BCUT2D eigenvalue weighted by Crippen LogP contribution is 2.23. The molecule has 216 valence electrons. The average Bonchev–Trinajstić information content (AvgIpc) is 3.56. The van der Waals surface area contributed by atoms with Gasteiger partial charge in [0.2, 0.25) is 23.6 Å². The molecule has 0 spiro atoms. The number of carbonyl (C=O) groups excluding carboxylic acids is 4. The lowest BCUT2D eigenvalue weighted by Crippen LogP contribution is -2.57. The molecule has 4 atom stereocenters. The van der Waals surface area contributed by atoms with E-state index in [0.29, 0.717) is 12.0 Å². The van der Waals surface area contributed by atoms with Gasteiger partial charge in [0.05, 0.1) is 6.04 Å². The maximum Gasteiger partial charge on any atom is 0.326 e. The Morgan fingerprint density at radius 3 is 2.38 bits per heavy atom. The summed E-state index contributed by atoms with van der Waals surface area (Å²) in [6.07, 6.45) is 1.44. The van der Waals surface area contributed by atoms with Crippen molar-refractivity contribution in [3.8, 4) is 0 Å². The van der Waals surface area contributed by atoms with Crippen molar-refractivity contribution in [1.29, 1.82) is 0 Å². The molecule has 1 saturated heterocycles. The maximum atomic E-state index is 13.6. The summed E-state index contributed by atoms with van der Waals surface area (Å²) in [5, 5.41) is 24.6. The summed E-state index contributed by atoms with van der Waals surface area (Å²) in [6, 6.07) is 2.53. The van der Waals surface area contributed by atoms with Crippen LogP contribution in [0.15, 0.2) is 30.5 Å². The topological polar surface area (TPSA) is 238 Å². The molecular weight excluding hydrogens is 524 g/mol. The molecule has 4 unspecified atom stereocenters. The molecule has 2 aromatic rings. The zero-order valence-electron chi connectivity index (χ0n) is 21.8. The first-order valence-corrected chi connectivity index (χ1v) is 12.9. The van der Waals surface area contributed by atoms with Crippen LogP contribution in [0.5, 0.6) is 0 Å². The Kier molecular flexibility index (Phi) is 10.2. The van der Waals surface area contributed by atoms with Gasteiger partial charge < -0.3 is 42.2 Å². The minimum Gasteiger partial charge on any atom is -0.481 e. The Morgan fingerprint density at radius 2 is 1.70 bits per heavy atom. The van der Waals surface area contributed by atoms with E-state index >= 15 is 0 Å². The summed E-state index contributed by atoms with van der Waals surface area (Å²) >= 11 is 0. The Labute approximate surface area is 229 Å². The molecule has 9 N–H and O–H groups in total. The number of rotatable bonds is 14. The molecule has 14 heteroatoms. The number of carboxylic acid groups (broad SMARTS) is 2. The second kappa shape index (κ2) is 13.6. The van der Waals surface area contributed by atoms with Crippen LogP contribution in [-0.2, 0) is 35.2 Å². The molecular formula is C26H34N6O8. The molecule has 1 aromatic carbocycles. The summed E-state index contributed by atoms with van der Waals surface area (Å²) in [5.74, 6) is -5.26. The number of aromatic amines is 1. The van der Waals surface area contributed by atoms with Crippen molar-refractivity contribution in [1.82, 2.24) is 20.5 Å². The van der Waals surface area contributed by atoms with Crippen LogP contribution in [0.2, 0.25) is 0 Å². The number of nitrogens with one attached hydrogen (secondary N) is 3. The minimum atomic E-state index is -1.37. The number of nitrogens with two attached hydrogens (primary N) is 2. The molecule has 1 aliphatic rings. The molecule has 0 saturated carbocycles. The molecule has 0 bridgehead atoms. The van der Waals surface area contributed by atoms with E-state index in [1.807, 2.05) is 24.3 Å². The fourth-order valence-electron chi connectivity index (χ4n) is 4.72. The summed E-state index contributed by atoms with van der Waals surface area (Å²) in [7, 11) is 0. The molecule has 1 fully saturated rings. The molecule has 1 aromatic heterocycles. The van der Waals surface area contributed by atoms with Crippen molar-refractivity contribution in [3.63, 3.8) is 0 Å². The van der Waals surface area contributed by atoms with Crippen molar-refractivity contribution < 1.29 is 39.0 Å². The molecule has 40 heavy (non-hydrogen) atoms. The van der Waals surface area contributed by atoms with E-state index in [1.54, 1.807) is 6.20 Å². The number of hydrogen-bond donors (Lipinski definition) is 7. The van der Waals surface area contributed by atoms with Gasteiger partial charge in [-0.1, -0.05) is 18.2 Å². The van der Waals surface area contributed by atoms with Crippen LogP contribution in [0.25, 0.3) is 10.9 Å². The Morgan fingerprint density at radius 1 is 1.00 bits per heavy atom. The van der Waals surface area contributed by atoms with Crippen LogP contribution in [0.1, 0.15) is 44.1 Å². The SMILES string of the molecule is NC(=O)CCC(N)C(=O)NC(CCC(=O)O)C(=O)NC(Cc1c[nH]c2ccccc12)C(=O)N1CCCC1C(=O)O. The third-order valence-electron chi connectivity index (χ3n) is 6.85. The van der Waals surface area contributed by atoms with Gasteiger partial charge in [0.15, 0.2) is 0 Å². The Hall–Kier alpha value is -4.46. The number of likely N-dealkylation sites (tertiary alicyclic amines) is 1. The lowest BCUT2D eigenvalue weighted by molar-refractivity contribution is -0.149. The molecule has 0 radical (unpaired) electrons. The largest absolute Gasteiger partial charge is 0.481 e. The number of carboxylic acids is 2. The van der Waals surface area contributed by atoms with Crippen molar-refractivity contribution in [2.75, 3.05) is 6.54 Å². The highest BCUT2D eigenvalue weighted by atomic mass is 16.4. The van der Waals surface area contributed by atoms with Gasteiger partial charge in [-0.15, -0.1) is 0 Å². The number of primary amides is 1. The van der Waals surface area contributed by atoms with Gasteiger partial charge in [0, 0.05) is 42.9 Å². The normalized spacial score (nSPS) is 17.1. The van der Waals surface area contributed by atoms with Gasteiger partial charge in [-0.3, -0.25) is 24.0 Å². The van der Waals surface area contributed by atoms with E-state index in [2.05, 4.69) is 15.6 Å². The first kappa shape index (κ1) is 30.1. The highest BCUT2D eigenvalue weighted by Gasteiger charge is 2.38. The van der Waals surface area contributed by atoms with E-state index in [4.69, 9.17) is 16.6 Å². The van der Waals surface area contributed by atoms with Crippen molar-refractivity contribution in [2.45, 2.75) is 69.1 Å². The number of carbonyl (C=O) groups is 6. The molecule has 1 aliphatic heterocycles. The quantitative estimate of drug-likeness (QED) is 0.154. The Bertz CT molecular complexity index is 1280. The first-order valence-electron chi connectivity index (χ1n) is 12.9. The van der Waals surface area contributed by atoms with E-state index in [1.165, 1.54) is 4.90 Å². The van der Waals surface area contributed by atoms with Crippen LogP contribution < -0.4 is 22.1 Å². The van der Waals surface area contributed by atoms with Crippen molar-refractivity contribution in [3.05, 3.63) is 36.0 Å². The van der Waals surface area contributed by atoms with Crippen LogP contribution in [0, 0.1) is 0 Å². The van der Waals surface area contributed by atoms with Crippen LogP contribution in [-0.4, -0.2) is 86.4 Å². The molecule has 4 amide bonds. The Balaban J connectivity index is 1.85. The summed E-state index contributed by atoms with van der Waals surface area (Å²) in [5.41, 5.74) is 12.4. The predicted molar refractivity (Wildman–Crippen MR) is 142 cm³/mol. The van der Waals surface area contributed by atoms with Crippen LogP contribution in [0.3, 0.4) is 0 Å². The van der Waals surface area contributed by atoms with Crippen LogP contribution >= 0.6 is 0 Å². The number of fused-ring (bicyclic) bond motifs is 1. The van der Waals surface area contributed by atoms with Gasteiger partial charge >= 0.3 is 11.9 Å². The van der Waals surface area contributed by atoms with Gasteiger partial charge in [0.25, 0.3) is 0 Å². The number of H-pyrrole nitrogens is 1. The fourth-order valence-corrected chi connectivity index (χ4v) is 4.72. The first-order chi connectivity index (χ1) is 19.0. The zero-order valence-corrected chi connectivity index (χ0v) is 21.8. The van der Waals surface area contributed by atoms with Gasteiger partial charge in [0.1, 0.15) is 18.1 Å². The molecule has 14 nitrogen and oxygen atoms in total. The van der Waals surface area contributed by atoms with E-state index in [9.17, 15) is 33.9 Å². The zero-order chi connectivity index (χ0) is 29.4. The lowest BCUT2D eigenvalue weighted by Gasteiger charge is -2.29. The smallest absolute Gasteiger partial charge is 0.326 e. The standard InChI is InChI=1S/C26H34N6O8/c27-16(7-9-21(28)33)23(36)30-18(8-10-22(34)35)24(37)31-19(25(38)32-11-3-6-20(32)26(39)40)12-14-13-29-17-5-2-1-4-15(14)17/h1-2,4-5,13,16,18-20,29H,3,6-12,27H2,(H2,28,33)(H,30,36)(H,31,37)(H,34,35)(H,39,40). The molecule has 2 heterocycles. The number of amides is 4. The third-order valence-corrected chi connectivity index (χ3v) is 6.85.